The maximum Gasteiger partial charge on any atom is 0.261 e. The Hall–Kier alpha value is -2.86. The van der Waals surface area contributed by atoms with Gasteiger partial charge in [-0.1, -0.05) is 48.5 Å². The predicted octanol–water partition coefficient (Wildman–Crippen LogP) is 3.89. The van der Waals surface area contributed by atoms with Crippen molar-refractivity contribution in [3.63, 3.8) is 0 Å². The molecule has 2 atom stereocenters. The maximum atomic E-state index is 12.6. The fourth-order valence-corrected chi connectivity index (χ4v) is 3.59. The number of hydrogen-bond acceptors (Lipinski definition) is 4. The van der Waals surface area contributed by atoms with E-state index in [1.54, 1.807) is 31.2 Å². The highest BCUT2D eigenvalue weighted by Crippen LogP contribution is 2.26. The van der Waals surface area contributed by atoms with Crippen LogP contribution in [0, 0.1) is 0 Å². The van der Waals surface area contributed by atoms with Gasteiger partial charge in [0.2, 0.25) is 0 Å². The van der Waals surface area contributed by atoms with Gasteiger partial charge >= 0.3 is 0 Å². The molecule has 3 aromatic rings. The molecule has 1 amide bonds. The number of benzene rings is 3. The second-order valence-corrected chi connectivity index (χ2v) is 8.82. The number of hydrogen-bond donors (Lipinski definition) is 1. The first-order valence-electron chi connectivity index (χ1n) is 9.00. The van der Waals surface area contributed by atoms with Gasteiger partial charge in [-0.15, -0.1) is 0 Å². The van der Waals surface area contributed by atoms with Crippen molar-refractivity contribution >= 4 is 26.5 Å². The quantitative estimate of drug-likeness (QED) is 0.685. The smallest absolute Gasteiger partial charge is 0.261 e. The Balaban J connectivity index is 1.68. The van der Waals surface area contributed by atoms with Crippen molar-refractivity contribution < 1.29 is 17.9 Å². The van der Waals surface area contributed by atoms with Gasteiger partial charge in [0.05, 0.1) is 10.9 Å². The van der Waals surface area contributed by atoms with Crippen LogP contribution < -0.4 is 10.1 Å². The molecule has 2 unspecified atom stereocenters. The van der Waals surface area contributed by atoms with Gasteiger partial charge in [-0.25, -0.2) is 8.42 Å². The molecule has 0 aliphatic rings. The molecule has 6 heteroatoms. The Morgan fingerprint density at radius 2 is 1.57 bits per heavy atom. The Bertz CT molecular complexity index is 1090. The third kappa shape index (κ3) is 4.51. The van der Waals surface area contributed by atoms with E-state index < -0.39 is 15.9 Å². The second kappa shape index (κ2) is 8.02. The van der Waals surface area contributed by atoms with Crippen LogP contribution >= 0.6 is 0 Å². The van der Waals surface area contributed by atoms with Gasteiger partial charge in [0, 0.05) is 11.6 Å². The molecule has 0 fully saturated rings. The van der Waals surface area contributed by atoms with Gasteiger partial charge in [-0.2, -0.15) is 0 Å². The molecule has 0 aromatic heterocycles. The van der Waals surface area contributed by atoms with Crippen LogP contribution in [0.4, 0.5) is 0 Å². The van der Waals surface area contributed by atoms with Gasteiger partial charge in [0.1, 0.15) is 5.75 Å². The monoisotopic (exact) mass is 397 g/mol. The summed E-state index contributed by atoms with van der Waals surface area (Å²) >= 11 is 0. The molecule has 5 nitrogen and oxygen atoms in total. The van der Waals surface area contributed by atoms with Crippen molar-refractivity contribution in [3.8, 4) is 5.75 Å². The molecular weight excluding hydrogens is 374 g/mol. The van der Waals surface area contributed by atoms with Crippen molar-refractivity contribution in [2.24, 2.45) is 0 Å². The van der Waals surface area contributed by atoms with Crippen molar-refractivity contribution in [3.05, 3.63) is 72.3 Å². The van der Waals surface area contributed by atoms with Crippen molar-refractivity contribution in [1.82, 2.24) is 5.32 Å². The zero-order valence-electron chi connectivity index (χ0n) is 16.0. The third-order valence-electron chi connectivity index (χ3n) is 4.59. The molecule has 3 aromatic carbocycles. The molecule has 0 heterocycles. The minimum absolute atomic E-state index is 0.243. The zero-order chi connectivity index (χ0) is 20.3. The molecule has 0 aliphatic heterocycles. The number of carbonyl (C=O) groups is 1. The summed E-state index contributed by atoms with van der Waals surface area (Å²) in [5.41, 5.74) is 0.818. The van der Waals surface area contributed by atoms with Crippen molar-refractivity contribution in [2.45, 2.75) is 30.9 Å². The number of rotatable bonds is 6. The topological polar surface area (TPSA) is 72.5 Å². The van der Waals surface area contributed by atoms with Gasteiger partial charge in [0.25, 0.3) is 5.91 Å². The van der Waals surface area contributed by atoms with E-state index in [9.17, 15) is 13.2 Å². The Morgan fingerprint density at radius 1 is 0.929 bits per heavy atom. The standard InChI is InChI=1S/C22H23NO4S/c1-15(17-11-13-19(14-12-17)28(3,25)26)23-22(24)16(2)27-21-10-6-8-18-7-4-5-9-20(18)21/h4-16H,1-3H3,(H,23,24). The maximum absolute atomic E-state index is 12.6. The third-order valence-corrected chi connectivity index (χ3v) is 5.72. The number of ether oxygens (including phenoxy) is 1. The summed E-state index contributed by atoms with van der Waals surface area (Å²) < 4.78 is 29.0. The van der Waals surface area contributed by atoms with Crippen LogP contribution in [0.15, 0.2) is 71.6 Å². The van der Waals surface area contributed by atoms with Gasteiger partial charge in [0.15, 0.2) is 15.9 Å². The molecule has 1 N–H and O–H groups in total. The highest BCUT2D eigenvalue weighted by Gasteiger charge is 2.19. The van der Waals surface area contributed by atoms with Gasteiger partial charge in [-0.3, -0.25) is 4.79 Å². The summed E-state index contributed by atoms with van der Waals surface area (Å²) in [6.07, 6.45) is 0.489. The predicted molar refractivity (Wildman–Crippen MR) is 110 cm³/mol. The summed E-state index contributed by atoms with van der Waals surface area (Å²) in [4.78, 5) is 12.8. The Kier molecular flexibility index (Phi) is 5.70. The first-order valence-corrected chi connectivity index (χ1v) is 10.9. The van der Waals surface area contributed by atoms with Gasteiger partial charge < -0.3 is 10.1 Å². The van der Waals surface area contributed by atoms with Crippen molar-refractivity contribution in [2.75, 3.05) is 6.26 Å². The SMILES string of the molecule is CC(Oc1cccc2ccccc12)C(=O)NC(C)c1ccc(S(C)(=O)=O)cc1. The molecule has 0 saturated heterocycles. The molecule has 0 saturated carbocycles. The number of amides is 1. The molecule has 146 valence electrons. The second-order valence-electron chi connectivity index (χ2n) is 6.81. The molecule has 3 rings (SSSR count). The van der Waals surface area contributed by atoms with E-state index in [2.05, 4.69) is 5.32 Å². The number of nitrogens with one attached hydrogen (secondary N) is 1. The van der Waals surface area contributed by atoms with E-state index in [0.717, 1.165) is 16.3 Å². The fraction of sp³-hybridized carbons (Fsp3) is 0.227. The lowest BCUT2D eigenvalue weighted by Gasteiger charge is -2.20. The fourth-order valence-electron chi connectivity index (χ4n) is 2.96. The number of carbonyl (C=O) groups excluding carboxylic acids is 1. The summed E-state index contributed by atoms with van der Waals surface area (Å²) in [6.45, 7) is 3.55. The normalized spacial score (nSPS) is 13.7. The highest BCUT2D eigenvalue weighted by molar-refractivity contribution is 7.90. The largest absolute Gasteiger partial charge is 0.480 e. The van der Waals surface area contributed by atoms with E-state index >= 15 is 0 Å². The van der Waals surface area contributed by atoms with Crippen LogP contribution in [0.3, 0.4) is 0 Å². The summed E-state index contributed by atoms with van der Waals surface area (Å²) in [5.74, 6) is 0.415. The molecule has 28 heavy (non-hydrogen) atoms. The lowest BCUT2D eigenvalue weighted by atomic mass is 10.1. The average Bonchev–Trinajstić information content (AvgIpc) is 2.67. The first-order chi connectivity index (χ1) is 13.3. The molecule has 0 aliphatic carbocycles. The summed E-state index contributed by atoms with van der Waals surface area (Å²) in [6, 6.07) is 19.8. The van der Waals surface area contributed by atoms with Crippen LogP contribution in [-0.2, 0) is 14.6 Å². The number of sulfone groups is 1. The lowest BCUT2D eigenvalue weighted by molar-refractivity contribution is -0.127. The Morgan fingerprint density at radius 3 is 2.25 bits per heavy atom. The van der Waals surface area contributed by atoms with E-state index in [0.29, 0.717) is 5.75 Å². The van der Waals surface area contributed by atoms with Gasteiger partial charge in [-0.05, 0) is 43.0 Å². The van der Waals surface area contributed by atoms with Crippen LogP contribution in [-0.4, -0.2) is 26.7 Å². The zero-order valence-corrected chi connectivity index (χ0v) is 16.9. The van der Waals surface area contributed by atoms with Crippen molar-refractivity contribution in [1.29, 1.82) is 0 Å². The molecule has 0 spiro atoms. The van der Waals surface area contributed by atoms with E-state index in [4.69, 9.17) is 4.74 Å². The minimum atomic E-state index is -3.24. The molecule has 0 radical (unpaired) electrons. The van der Waals surface area contributed by atoms with E-state index in [1.165, 1.54) is 6.26 Å². The van der Waals surface area contributed by atoms with E-state index in [-0.39, 0.29) is 16.8 Å². The highest BCUT2D eigenvalue weighted by atomic mass is 32.2. The number of fused-ring (bicyclic) bond motifs is 1. The average molecular weight is 397 g/mol. The van der Waals surface area contributed by atoms with Crippen LogP contribution in [0.25, 0.3) is 10.8 Å². The van der Waals surface area contributed by atoms with E-state index in [1.807, 2.05) is 49.4 Å². The molecule has 0 bridgehead atoms. The van der Waals surface area contributed by atoms with Crippen LogP contribution in [0.2, 0.25) is 0 Å². The molecular formula is C22H23NO4S. The van der Waals surface area contributed by atoms with Crippen LogP contribution in [0.1, 0.15) is 25.5 Å². The summed E-state index contributed by atoms with van der Waals surface area (Å²) in [5, 5.41) is 4.91. The first kappa shape index (κ1) is 19.9. The lowest BCUT2D eigenvalue weighted by Crippen LogP contribution is -2.37. The Labute approximate surface area is 165 Å². The van der Waals surface area contributed by atoms with Crippen LogP contribution in [0.5, 0.6) is 5.75 Å². The minimum Gasteiger partial charge on any atom is -0.480 e. The summed E-state index contributed by atoms with van der Waals surface area (Å²) in [7, 11) is -3.24.